The fourth-order valence-corrected chi connectivity index (χ4v) is 1.92. The van der Waals surface area contributed by atoms with E-state index in [9.17, 15) is 0 Å². The Kier molecular flexibility index (Phi) is 4.56. The highest BCUT2D eigenvalue weighted by Crippen LogP contribution is 2.22. The second-order valence-corrected chi connectivity index (χ2v) is 5.37. The van der Waals surface area contributed by atoms with Crippen LogP contribution in [0, 0.1) is 0 Å². The zero-order valence-corrected chi connectivity index (χ0v) is 10.6. The lowest BCUT2D eigenvalue weighted by Gasteiger charge is -2.38. The molecule has 90 valence electrons. The molecule has 0 aromatic rings. The molecular formula is C12H26N2O. The van der Waals surface area contributed by atoms with Crippen molar-refractivity contribution >= 4 is 0 Å². The molecule has 0 bridgehead atoms. The van der Waals surface area contributed by atoms with Crippen molar-refractivity contribution in [1.29, 1.82) is 0 Å². The van der Waals surface area contributed by atoms with Crippen molar-refractivity contribution in [2.24, 2.45) is 5.73 Å². The van der Waals surface area contributed by atoms with Gasteiger partial charge in [-0.25, -0.2) is 0 Å². The topological polar surface area (TPSA) is 38.5 Å². The summed E-state index contributed by atoms with van der Waals surface area (Å²) in [5, 5.41) is 0. The fraction of sp³-hybridized carbons (Fsp3) is 1.00. The summed E-state index contributed by atoms with van der Waals surface area (Å²) >= 11 is 0. The largest absolute Gasteiger partial charge is 0.378 e. The molecule has 1 aliphatic heterocycles. The predicted octanol–water partition coefficient (Wildman–Crippen LogP) is 1.61. The Hall–Kier alpha value is -0.120. The zero-order chi connectivity index (χ0) is 11.5. The first-order chi connectivity index (χ1) is 6.94. The number of hydrogen-bond donors (Lipinski definition) is 1. The summed E-state index contributed by atoms with van der Waals surface area (Å²) in [6, 6.07) is 0.219. The van der Waals surface area contributed by atoms with E-state index in [-0.39, 0.29) is 11.6 Å². The number of ether oxygens (including phenoxy) is 1. The number of likely N-dealkylation sites (N-methyl/N-ethyl adjacent to an activating group) is 1. The SMILES string of the molecule is CN(C)C(C)(C)C(N)CCC1CCCO1. The molecule has 2 N–H and O–H groups in total. The molecule has 1 aliphatic rings. The van der Waals surface area contributed by atoms with Crippen molar-refractivity contribution in [3.8, 4) is 0 Å². The van der Waals surface area contributed by atoms with E-state index in [1.54, 1.807) is 0 Å². The van der Waals surface area contributed by atoms with E-state index >= 15 is 0 Å². The first-order valence-electron chi connectivity index (χ1n) is 5.99. The van der Waals surface area contributed by atoms with Crippen molar-refractivity contribution in [3.63, 3.8) is 0 Å². The van der Waals surface area contributed by atoms with Gasteiger partial charge in [0.2, 0.25) is 0 Å². The third-order valence-corrected chi connectivity index (χ3v) is 3.88. The van der Waals surface area contributed by atoms with Gasteiger partial charge in [0.1, 0.15) is 0 Å². The van der Waals surface area contributed by atoms with Crippen LogP contribution < -0.4 is 5.73 Å². The first kappa shape index (κ1) is 12.9. The highest BCUT2D eigenvalue weighted by atomic mass is 16.5. The van der Waals surface area contributed by atoms with E-state index in [0.717, 1.165) is 19.4 Å². The molecule has 1 saturated heterocycles. The summed E-state index contributed by atoms with van der Waals surface area (Å²) < 4.78 is 5.61. The molecule has 2 atom stereocenters. The molecule has 1 heterocycles. The molecule has 3 heteroatoms. The minimum Gasteiger partial charge on any atom is -0.378 e. The lowest BCUT2D eigenvalue weighted by Crippen LogP contribution is -2.53. The monoisotopic (exact) mass is 214 g/mol. The maximum absolute atomic E-state index is 6.23. The van der Waals surface area contributed by atoms with E-state index in [1.807, 2.05) is 0 Å². The van der Waals surface area contributed by atoms with Crippen LogP contribution in [0.15, 0.2) is 0 Å². The average molecular weight is 214 g/mol. The molecule has 15 heavy (non-hydrogen) atoms. The third kappa shape index (κ3) is 3.44. The Morgan fingerprint density at radius 1 is 1.47 bits per heavy atom. The van der Waals surface area contributed by atoms with Gasteiger partial charge in [0.15, 0.2) is 0 Å². The number of nitrogens with zero attached hydrogens (tertiary/aromatic N) is 1. The Bertz CT molecular complexity index is 186. The molecule has 0 saturated carbocycles. The van der Waals surface area contributed by atoms with Gasteiger partial charge in [-0.15, -0.1) is 0 Å². The molecule has 0 spiro atoms. The van der Waals surface area contributed by atoms with Crippen molar-refractivity contribution in [1.82, 2.24) is 4.90 Å². The zero-order valence-electron chi connectivity index (χ0n) is 10.6. The van der Waals surface area contributed by atoms with Gasteiger partial charge < -0.3 is 15.4 Å². The standard InChI is InChI=1S/C12H26N2O/c1-12(2,14(3)4)11(13)8-7-10-6-5-9-15-10/h10-11H,5-9,13H2,1-4H3. The molecule has 0 amide bonds. The summed E-state index contributed by atoms with van der Waals surface area (Å²) in [4.78, 5) is 2.20. The lowest BCUT2D eigenvalue weighted by molar-refractivity contribution is 0.0892. The summed E-state index contributed by atoms with van der Waals surface area (Å²) in [6.07, 6.45) is 5.06. The Morgan fingerprint density at radius 3 is 2.60 bits per heavy atom. The normalized spacial score (nSPS) is 24.8. The summed E-state index contributed by atoms with van der Waals surface area (Å²) in [5.41, 5.74) is 6.30. The van der Waals surface area contributed by atoms with Crippen LogP contribution in [0.3, 0.4) is 0 Å². The van der Waals surface area contributed by atoms with Crippen molar-refractivity contribution in [3.05, 3.63) is 0 Å². The van der Waals surface area contributed by atoms with Gasteiger partial charge in [-0.05, 0) is 53.6 Å². The van der Waals surface area contributed by atoms with Gasteiger partial charge in [0, 0.05) is 18.2 Å². The smallest absolute Gasteiger partial charge is 0.0576 e. The van der Waals surface area contributed by atoms with Crippen LogP contribution in [0.5, 0.6) is 0 Å². The molecule has 0 aromatic heterocycles. The van der Waals surface area contributed by atoms with Crippen LogP contribution in [0.25, 0.3) is 0 Å². The van der Waals surface area contributed by atoms with Crippen LogP contribution in [0.2, 0.25) is 0 Å². The van der Waals surface area contributed by atoms with E-state index in [1.165, 1.54) is 12.8 Å². The Morgan fingerprint density at radius 2 is 2.13 bits per heavy atom. The van der Waals surface area contributed by atoms with Gasteiger partial charge in [-0.3, -0.25) is 0 Å². The molecule has 0 radical (unpaired) electrons. The van der Waals surface area contributed by atoms with E-state index in [0.29, 0.717) is 6.10 Å². The molecule has 1 rings (SSSR count). The van der Waals surface area contributed by atoms with Crippen LogP contribution in [0.1, 0.15) is 39.5 Å². The van der Waals surface area contributed by atoms with Gasteiger partial charge in [0.25, 0.3) is 0 Å². The molecule has 3 nitrogen and oxygen atoms in total. The second-order valence-electron chi connectivity index (χ2n) is 5.37. The second kappa shape index (κ2) is 5.28. The molecule has 0 aliphatic carbocycles. The average Bonchev–Trinajstić information content (AvgIpc) is 2.66. The van der Waals surface area contributed by atoms with Crippen LogP contribution in [0.4, 0.5) is 0 Å². The van der Waals surface area contributed by atoms with E-state index in [2.05, 4.69) is 32.8 Å². The van der Waals surface area contributed by atoms with Crippen molar-refractivity contribution in [2.45, 2.75) is 57.2 Å². The van der Waals surface area contributed by atoms with E-state index < -0.39 is 0 Å². The molecule has 2 unspecified atom stereocenters. The van der Waals surface area contributed by atoms with Crippen molar-refractivity contribution in [2.75, 3.05) is 20.7 Å². The van der Waals surface area contributed by atoms with Crippen LogP contribution in [-0.2, 0) is 4.74 Å². The van der Waals surface area contributed by atoms with Crippen LogP contribution in [-0.4, -0.2) is 43.3 Å². The van der Waals surface area contributed by atoms with Crippen LogP contribution >= 0.6 is 0 Å². The first-order valence-corrected chi connectivity index (χ1v) is 5.99. The van der Waals surface area contributed by atoms with E-state index in [4.69, 9.17) is 10.5 Å². The Balaban J connectivity index is 2.31. The number of hydrogen-bond acceptors (Lipinski definition) is 3. The quantitative estimate of drug-likeness (QED) is 0.755. The minimum atomic E-state index is 0.0681. The summed E-state index contributed by atoms with van der Waals surface area (Å²) in [6.45, 7) is 5.34. The van der Waals surface area contributed by atoms with Crippen molar-refractivity contribution < 1.29 is 4.74 Å². The highest BCUT2D eigenvalue weighted by Gasteiger charge is 2.29. The third-order valence-electron chi connectivity index (χ3n) is 3.88. The van der Waals surface area contributed by atoms with Gasteiger partial charge in [-0.2, -0.15) is 0 Å². The Labute approximate surface area is 94.0 Å². The summed E-state index contributed by atoms with van der Waals surface area (Å²) in [7, 11) is 4.18. The highest BCUT2D eigenvalue weighted by molar-refractivity contribution is 4.89. The summed E-state index contributed by atoms with van der Waals surface area (Å²) in [5.74, 6) is 0. The fourth-order valence-electron chi connectivity index (χ4n) is 1.92. The van der Waals surface area contributed by atoms with Gasteiger partial charge in [-0.1, -0.05) is 0 Å². The van der Waals surface area contributed by atoms with Gasteiger partial charge in [0.05, 0.1) is 6.10 Å². The number of rotatable bonds is 5. The minimum absolute atomic E-state index is 0.0681. The lowest BCUT2D eigenvalue weighted by atomic mass is 9.89. The maximum Gasteiger partial charge on any atom is 0.0576 e. The van der Waals surface area contributed by atoms with Gasteiger partial charge >= 0.3 is 0 Å². The molecule has 0 aromatic carbocycles. The molecular weight excluding hydrogens is 188 g/mol. The number of nitrogens with two attached hydrogens (primary N) is 1. The molecule has 1 fully saturated rings. The maximum atomic E-state index is 6.23. The predicted molar refractivity (Wildman–Crippen MR) is 63.9 cm³/mol.